The molecule has 0 fully saturated rings. The van der Waals surface area contributed by atoms with Gasteiger partial charge in [0, 0.05) is 22.3 Å². The molecule has 49 heavy (non-hydrogen) atoms. The maximum atomic E-state index is 2.46. The van der Waals surface area contributed by atoms with E-state index in [0.717, 1.165) is 11.4 Å². The van der Waals surface area contributed by atoms with Crippen molar-refractivity contribution in [1.29, 1.82) is 0 Å². The van der Waals surface area contributed by atoms with E-state index in [1.807, 2.05) is 0 Å². The Balaban J connectivity index is 1.35. The summed E-state index contributed by atoms with van der Waals surface area (Å²) in [5, 5.41) is 7.41. The van der Waals surface area contributed by atoms with Crippen molar-refractivity contribution in [1.82, 2.24) is 0 Å². The van der Waals surface area contributed by atoms with Crippen LogP contribution in [0.1, 0.15) is 0 Å². The molecule has 0 aliphatic heterocycles. The number of nitrogens with zero attached hydrogens (tertiary/aromatic N) is 1. The minimum atomic E-state index is 1.11. The summed E-state index contributed by atoms with van der Waals surface area (Å²) in [4.78, 5) is 2.46. The molecule has 0 unspecified atom stereocenters. The van der Waals surface area contributed by atoms with Crippen molar-refractivity contribution in [2.45, 2.75) is 0 Å². The molecule has 230 valence electrons. The van der Waals surface area contributed by atoms with Crippen molar-refractivity contribution in [3.05, 3.63) is 200 Å². The van der Waals surface area contributed by atoms with E-state index in [0.29, 0.717) is 0 Å². The summed E-state index contributed by atoms with van der Waals surface area (Å²) in [7, 11) is 0. The first-order valence-corrected chi connectivity index (χ1v) is 16.9. The monoisotopic (exact) mass is 623 g/mol. The Morgan fingerprint density at radius 1 is 0.265 bits per heavy atom. The lowest BCUT2D eigenvalue weighted by Crippen LogP contribution is -2.12. The molecule has 9 aromatic rings. The molecule has 9 aromatic carbocycles. The number of benzene rings is 9. The molecule has 1 heteroatoms. The first-order valence-electron chi connectivity index (χ1n) is 16.9. The molecule has 0 amide bonds. The number of rotatable bonds is 6. The average Bonchev–Trinajstić information content (AvgIpc) is 3.19. The molecule has 0 atom stereocenters. The van der Waals surface area contributed by atoms with Gasteiger partial charge in [0.05, 0.1) is 5.69 Å². The highest BCUT2D eigenvalue weighted by Crippen LogP contribution is 2.50. The normalized spacial score (nSPS) is 11.3. The van der Waals surface area contributed by atoms with Gasteiger partial charge in [-0.25, -0.2) is 0 Å². The Morgan fingerprint density at radius 3 is 1.24 bits per heavy atom. The highest BCUT2D eigenvalue weighted by molar-refractivity contribution is 6.22. The number of hydrogen-bond acceptors (Lipinski definition) is 1. The third kappa shape index (κ3) is 5.23. The van der Waals surface area contributed by atoms with E-state index in [1.54, 1.807) is 0 Å². The lowest BCUT2D eigenvalue weighted by atomic mass is 9.89. The van der Waals surface area contributed by atoms with Crippen molar-refractivity contribution >= 4 is 49.4 Å². The summed E-state index contributed by atoms with van der Waals surface area (Å²) in [5.74, 6) is 0. The molecule has 0 spiro atoms. The van der Waals surface area contributed by atoms with Gasteiger partial charge in [-0.1, -0.05) is 170 Å². The van der Waals surface area contributed by atoms with Gasteiger partial charge in [-0.15, -0.1) is 0 Å². The molecule has 1 nitrogen and oxygen atoms in total. The van der Waals surface area contributed by atoms with E-state index in [9.17, 15) is 0 Å². The van der Waals surface area contributed by atoms with Crippen LogP contribution in [-0.4, -0.2) is 0 Å². The second-order valence-electron chi connectivity index (χ2n) is 12.5. The molecule has 0 aliphatic carbocycles. The van der Waals surface area contributed by atoms with Crippen LogP contribution in [0.15, 0.2) is 200 Å². The summed E-state index contributed by atoms with van der Waals surface area (Å²) >= 11 is 0. The molecule has 0 heterocycles. The van der Waals surface area contributed by atoms with Gasteiger partial charge in [-0.3, -0.25) is 0 Å². The van der Waals surface area contributed by atoms with Crippen LogP contribution in [0.25, 0.3) is 65.7 Å². The summed E-state index contributed by atoms with van der Waals surface area (Å²) in [6, 6.07) is 72.5. The molecule has 0 radical (unpaired) electrons. The van der Waals surface area contributed by atoms with E-state index in [1.165, 1.54) is 71.4 Å². The lowest BCUT2D eigenvalue weighted by molar-refractivity contribution is 1.30. The molecular weight excluding hydrogens is 591 g/mol. The predicted octanol–water partition coefficient (Wildman–Crippen LogP) is 13.6. The standard InChI is InChI=1S/C48H33N/c1-3-13-34(14-4-1)37-25-29-41(30-26-37)49(42-31-27-38(28-32-42)35-15-5-2-6-16-35)48-46-22-12-10-20-44(46)43-19-9-11-21-45(43)47(48)40-24-23-36-17-7-8-18-39(36)33-40/h1-33H. The summed E-state index contributed by atoms with van der Waals surface area (Å²) in [6.07, 6.45) is 0. The van der Waals surface area contributed by atoms with E-state index in [-0.39, 0.29) is 0 Å². The van der Waals surface area contributed by atoms with Crippen molar-refractivity contribution in [3.63, 3.8) is 0 Å². The SMILES string of the molecule is c1ccc(-c2ccc(N(c3ccc(-c4ccccc4)cc3)c3c(-c4ccc5ccccc5c4)c4ccccc4c4ccccc34)cc2)cc1. The van der Waals surface area contributed by atoms with E-state index < -0.39 is 0 Å². The smallest absolute Gasteiger partial charge is 0.0624 e. The van der Waals surface area contributed by atoms with Crippen LogP contribution < -0.4 is 4.90 Å². The first-order chi connectivity index (χ1) is 24.3. The third-order valence-electron chi connectivity index (χ3n) is 9.63. The highest BCUT2D eigenvalue weighted by atomic mass is 15.1. The van der Waals surface area contributed by atoms with Crippen LogP contribution in [0.2, 0.25) is 0 Å². The Bertz CT molecular complexity index is 2490. The zero-order valence-corrected chi connectivity index (χ0v) is 27.0. The summed E-state index contributed by atoms with van der Waals surface area (Å²) < 4.78 is 0. The first kappa shape index (κ1) is 28.8. The molecule has 9 rings (SSSR count). The van der Waals surface area contributed by atoms with Crippen molar-refractivity contribution < 1.29 is 0 Å². The molecular formula is C48H33N. The molecule has 0 saturated heterocycles. The fourth-order valence-corrected chi connectivity index (χ4v) is 7.27. The zero-order valence-electron chi connectivity index (χ0n) is 27.0. The van der Waals surface area contributed by atoms with Crippen molar-refractivity contribution in [3.8, 4) is 33.4 Å². The van der Waals surface area contributed by atoms with Gasteiger partial charge in [0.1, 0.15) is 0 Å². The van der Waals surface area contributed by atoms with Gasteiger partial charge >= 0.3 is 0 Å². The van der Waals surface area contributed by atoms with Crippen LogP contribution in [0, 0.1) is 0 Å². The summed E-state index contributed by atoms with van der Waals surface area (Å²) in [6.45, 7) is 0. The van der Waals surface area contributed by atoms with E-state index in [4.69, 9.17) is 0 Å². The zero-order chi connectivity index (χ0) is 32.6. The van der Waals surface area contributed by atoms with Crippen LogP contribution in [-0.2, 0) is 0 Å². The van der Waals surface area contributed by atoms with Crippen LogP contribution in [0.3, 0.4) is 0 Å². The topological polar surface area (TPSA) is 3.24 Å². The van der Waals surface area contributed by atoms with Gasteiger partial charge in [-0.2, -0.15) is 0 Å². The fraction of sp³-hybridized carbons (Fsp3) is 0. The van der Waals surface area contributed by atoms with Crippen LogP contribution in [0.4, 0.5) is 17.1 Å². The number of fused-ring (bicyclic) bond motifs is 4. The Hall–Kier alpha value is -6.44. The van der Waals surface area contributed by atoms with Crippen LogP contribution >= 0.6 is 0 Å². The maximum absolute atomic E-state index is 2.46. The van der Waals surface area contributed by atoms with Crippen molar-refractivity contribution in [2.24, 2.45) is 0 Å². The summed E-state index contributed by atoms with van der Waals surface area (Å²) in [5.41, 5.74) is 10.6. The second kappa shape index (κ2) is 12.3. The fourth-order valence-electron chi connectivity index (χ4n) is 7.27. The van der Waals surface area contributed by atoms with Gasteiger partial charge in [0.2, 0.25) is 0 Å². The van der Waals surface area contributed by atoms with Gasteiger partial charge in [-0.05, 0) is 85.1 Å². The van der Waals surface area contributed by atoms with Crippen LogP contribution in [0.5, 0.6) is 0 Å². The predicted molar refractivity (Wildman–Crippen MR) is 210 cm³/mol. The minimum absolute atomic E-state index is 1.11. The quantitative estimate of drug-likeness (QED) is 0.167. The number of hydrogen-bond donors (Lipinski definition) is 0. The van der Waals surface area contributed by atoms with Gasteiger partial charge < -0.3 is 4.90 Å². The maximum Gasteiger partial charge on any atom is 0.0624 e. The molecule has 0 saturated carbocycles. The molecule has 0 aromatic heterocycles. The Morgan fingerprint density at radius 2 is 0.673 bits per heavy atom. The Kier molecular flexibility index (Phi) is 7.22. The highest BCUT2D eigenvalue weighted by Gasteiger charge is 2.24. The molecule has 0 bridgehead atoms. The largest absolute Gasteiger partial charge is 0.309 e. The average molecular weight is 624 g/mol. The third-order valence-corrected chi connectivity index (χ3v) is 9.63. The number of anilines is 3. The van der Waals surface area contributed by atoms with E-state index in [2.05, 4.69) is 205 Å². The van der Waals surface area contributed by atoms with Gasteiger partial charge in [0.15, 0.2) is 0 Å². The second-order valence-corrected chi connectivity index (χ2v) is 12.5. The van der Waals surface area contributed by atoms with E-state index >= 15 is 0 Å². The Labute approximate surface area is 287 Å². The minimum Gasteiger partial charge on any atom is -0.309 e. The lowest BCUT2D eigenvalue weighted by Gasteiger charge is -2.31. The van der Waals surface area contributed by atoms with Gasteiger partial charge in [0.25, 0.3) is 0 Å². The van der Waals surface area contributed by atoms with Crippen molar-refractivity contribution in [2.75, 3.05) is 4.90 Å². The molecule has 0 aliphatic rings. The molecule has 0 N–H and O–H groups in total.